The molecule has 50 heavy (non-hydrogen) atoms. The lowest BCUT2D eigenvalue weighted by molar-refractivity contribution is 0.595. The number of para-hydroxylation sites is 1. The second-order valence-electron chi connectivity index (χ2n) is 12.8. The quantitative estimate of drug-likeness (QED) is 0.176. The molecule has 0 atom stereocenters. The summed E-state index contributed by atoms with van der Waals surface area (Å²) in [5.41, 5.74) is 12.6. The van der Waals surface area contributed by atoms with Crippen LogP contribution in [0.2, 0.25) is 0 Å². The van der Waals surface area contributed by atoms with Gasteiger partial charge in [0.2, 0.25) is 0 Å². The first-order chi connectivity index (χ1) is 24.4. The van der Waals surface area contributed by atoms with Crippen molar-refractivity contribution in [2.45, 2.75) is 11.5 Å². The Balaban J connectivity index is 1.22. The molecule has 0 fully saturated rings. The van der Waals surface area contributed by atoms with E-state index in [-0.39, 0.29) is 11.5 Å². The van der Waals surface area contributed by atoms with Crippen LogP contribution in [0.4, 0.5) is 5.69 Å². The van der Waals surface area contributed by atoms with Gasteiger partial charge in [0.05, 0.1) is 40.5 Å². The lowest BCUT2D eigenvalue weighted by atomic mass is 9.92. The summed E-state index contributed by atoms with van der Waals surface area (Å²) in [7, 11) is -3.44. The van der Waals surface area contributed by atoms with E-state index in [2.05, 4.69) is 76.1 Å². The summed E-state index contributed by atoms with van der Waals surface area (Å²) in [5, 5.41) is 2.08. The van der Waals surface area contributed by atoms with E-state index in [1.165, 1.54) is 0 Å². The van der Waals surface area contributed by atoms with Crippen LogP contribution in [0.3, 0.4) is 0 Å². The molecule has 2 aromatic heterocycles. The highest BCUT2D eigenvalue weighted by atomic mass is 32.2. The minimum atomic E-state index is -3.44. The van der Waals surface area contributed by atoms with E-state index in [9.17, 15) is 8.42 Å². The molecular weight excluding hydrogens is 635 g/mol. The summed E-state index contributed by atoms with van der Waals surface area (Å²) in [6, 6.07) is 50.7. The number of aromatic nitrogens is 2. The molecule has 0 aliphatic carbocycles. The van der Waals surface area contributed by atoms with E-state index in [0.29, 0.717) is 5.69 Å². The van der Waals surface area contributed by atoms with E-state index in [0.717, 1.165) is 83.4 Å². The van der Waals surface area contributed by atoms with Crippen molar-refractivity contribution in [3.05, 3.63) is 174 Å². The Morgan fingerprint density at radius 1 is 0.540 bits per heavy atom. The van der Waals surface area contributed by atoms with Gasteiger partial charge in [0.1, 0.15) is 0 Å². The number of fused-ring (bicyclic) bond motifs is 6. The molecular formula is C44H29N3O2S. The normalized spacial score (nSPS) is 13.3. The van der Waals surface area contributed by atoms with Crippen LogP contribution in [0.15, 0.2) is 152 Å². The van der Waals surface area contributed by atoms with E-state index >= 15 is 0 Å². The van der Waals surface area contributed by atoms with Gasteiger partial charge in [-0.25, -0.2) is 18.2 Å². The largest absolute Gasteiger partial charge is 0.309 e. The van der Waals surface area contributed by atoms with Gasteiger partial charge in [0.15, 0.2) is 15.5 Å². The highest BCUT2D eigenvalue weighted by Gasteiger charge is 2.25. The lowest BCUT2D eigenvalue weighted by Gasteiger charge is -2.15. The summed E-state index contributed by atoms with van der Waals surface area (Å²) >= 11 is 0. The van der Waals surface area contributed by atoms with Gasteiger partial charge in [0, 0.05) is 22.2 Å². The molecule has 0 radical (unpaired) electrons. The summed E-state index contributed by atoms with van der Waals surface area (Å²) in [6.45, 7) is 7.56. The number of rotatable bonds is 4. The fourth-order valence-corrected chi connectivity index (χ4v) is 8.82. The molecule has 5 nitrogen and oxygen atoms in total. The Labute approximate surface area is 290 Å². The molecule has 238 valence electrons. The fourth-order valence-electron chi connectivity index (χ4n) is 7.28. The number of nitrogens with zero attached hydrogens (tertiary/aromatic N) is 3. The second-order valence-corrected chi connectivity index (χ2v) is 14.8. The Bertz CT molecular complexity index is 2720. The van der Waals surface area contributed by atoms with E-state index < -0.39 is 9.84 Å². The molecule has 8 aromatic rings. The third kappa shape index (κ3) is 5.16. The van der Waals surface area contributed by atoms with Crippen LogP contribution in [-0.4, -0.2) is 18.0 Å². The van der Waals surface area contributed by atoms with Crippen molar-refractivity contribution < 1.29 is 8.42 Å². The van der Waals surface area contributed by atoms with Crippen LogP contribution in [-0.2, 0) is 21.3 Å². The van der Waals surface area contributed by atoms with Crippen molar-refractivity contribution in [3.8, 4) is 50.5 Å². The van der Waals surface area contributed by atoms with Gasteiger partial charge in [-0.2, -0.15) is 0 Å². The standard InChI is InChI=1S/C44H29N3O2S/c1-45-35-18-21-44-40(25-35)38-14-8-9-15-43(38)47(44)36-19-16-32-27-50(48,49)28-34-22-31(17-20-37(34)39(32)26-36)33-23-41(29-10-4-2-5-11-29)46-42(24-33)30-12-6-3-7-13-30/h2-26H,27-28H2. The average Bonchev–Trinajstić information content (AvgIpc) is 3.43. The number of pyridine rings is 1. The van der Waals surface area contributed by atoms with Crippen LogP contribution in [0.1, 0.15) is 11.1 Å². The average molecular weight is 664 g/mol. The van der Waals surface area contributed by atoms with Crippen molar-refractivity contribution in [2.75, 3.05) is 0 Å². The molecule has 0 unspecified atom stereocenters. The van der Waals surface area contributed by atoms with E-state index in [1.54, 1.807) is 0 Å². The molecule has 6 heteroatoms. The minimum Gasteiger partial charge on any atom is -0.309 e. The van der Waals surface area contributed by atoms with Gasteiger partial charge in [0.25, 0.3) is 0 Å². The predicted octanol–water partition coefficient (Wildman–Crippen LogP) is 10.8. The molecule has 9 rings (SSSR count). The Kier molecular flexibility index (Phi) is 6.97. The van der Waals surface area contributed by atoms with Crippen molar-refractivity contribution in [1.82, 2.24) is 9.55 Å². The zero-order valence-corrected chi connectivity index (χ0v) is 27.7. The zero-order chi connectivity index (χ0) is 33.8. The smallest absolute Gasteiger partial charge is 0.188 e. The second kappa shape index (κ2) is 11.7. The molecule has 0 amide bonds. The number of hydrogen-bond donors (Lipinski definition) is 0. The summed E-state index contributed by atoms with van der Waals surface area (Å²) in [5.74, 6) is -0.0725. The van der Waals surface area contributed by atoms with Gasteiger partial charge in [-0.15, -0.1) is 0 Å². The zero-order valence-electron chi connectivity index (χ0n) is 26.9. The van der Waals surface area contributed by atoms with Crippen molar-refractivity contribution >= 4 is 37.3 Å². The van der Waals surface area contributed by atoms with Crippen molar-refractivity contribution in [1.29, 1.82) is 0 Å². The Hall–Kier alpha value is -6.29. The first-order valence-electron chi connectivity index (χ1n) is 16.5. The highest BCUT2D eigenvalue weighted by molar-refractivity contribution is 7.89. The Morgan fingerprint density at radius 3 is 1.92 bits per heavy atom. The van der Waals surface area contributed by atoms with Crippen LogP contribution < -0.4 is 0 Å². The first-order valence-corrected chi connectivity index (χ1v) is 18.3. The first kappa shape index (κ1) is 29.8. The topological polar surface area (TPSA) is 56.3 Å². The number of sulfone groups is 1. The lowest BCUT2D eigenvalue weighted by Crippen LogP contribution is -2.05. The molecule has 1 aliphatic heterocycles. The van der Waals surface area contributed by atoms with Crippen molar-refractivity contribution in [3.63, 3.8) is 0 Å². The maximum absolute atomic E-state index is 13.6. The van der Waals surface area contributed by atoms with Gasteiger partial charge < -0.3 is 4.57 Å². The molecule has 6 aromatic carbocycles. The molecule has 0 saturated carbocycles. The monoisotopic (exact) mass is 663 g/mol. The molecule has 0 bridgehead atoms. The van der Waals surface area contributed by atoms with E-state index in [4.69, 9.17) is 11.6 Å². The number of hydrogen-bond acceptors (Lipinski definition) is 3. The fraction of sp³-hybridized carbons (Fsp3) is 0.0455. The molecule has 3 heterocycles. The summed E-state index contributed by atoms with van der Waals surface area (Å²) in [6.07, 6.45) is 0. The highest BCUT2D eigenvalue weighted by Crippen LogP contribution is 2.40. The summed E-state index contributed by atoms with van der Waals surface area (Å²) < 4.78 is 29.4. The van der Waals surface area contributed by atoms with Gasteiger partial charge in [-0.05, 0) is 87.3 Å². The van der Waals surface area contributed by atoms with Crippen LogP contribution in [0.25, 0.3) is 77.1 Å². The third-order valence-corrected chi connectivity index (χ3v) is 11.1. The molecule has 0 N–H and O–H groups in total. The van der Waals surface area contributed by atoms with E-state index in [1.807, 2.05) is 84.9 Å². The molecule has 0 saturated heterocycles. The van der Waals surface area contributed by atoms with Gasteiger partial charge in [-0.1, -0.05) is 103 Å². The third-order valence-electron chi connectivity index (χ3n) is 9.58. The van der Waals surface area contributed by atoms with Gasteiger partial charge >= 0.3 is 0 Å². The maximum Gasteiger partial charge on any atom is 0.188 e. The van der Waals surface area contributed by atoms with Crippen LogP contribution in [0.5, 0.6) is 0 Å². The predicted molar refractivity (Wildman–Crippen MR) is 203 cm³/mol. The van der Waals surface area contributed by atoms with Crippen LogP contribution >= 0.6 is 0 Å². The van der Waals surface area contributed by atoms with Crippen molar-refractivity contribution in [2.24, 2.45) is 0 Å². The Morgan fingerprint density at radius 2 is 1.20 bits per heavy atom. The SMILES string of the molecule is [C-]#[N+]c1ccc2c(c1)c1ccccc1n2-c1ccc2c(c1)-c1ccc(-c3cc(-c4ccccc4)nc(-c4ccccc4)c3)cc1CS(=O)(=O)C2. The van der Waals surface area contributed by atoms with Gasteiger partial charge in [-0.3, -0.25) is 0 Å². The maximum atomic E-state index is 13.6. The molecule has 0 spiro atoms. The summed E-state index contributed by atoms with van der Waals surface area (Å²) in [4.78, 5) is 8.69. The minimum absolute atomic E-state index is 0.0280. The molecule has 1 aliphatic rings. The van der Waals surface area contributed by atoms with Crippen LogP contribution in [0, 0.1) is 6.57 Å². The number of benzene rings is 6.